The second-order valence-corrected chi connectivity index (χ2v) is 4.36. The number of nitrogens with zero attached hydrogens (tertiary/aromatic N) is 2. The average molecular weight is 253 g/mol. The zero-order valence-electron chi connectivity index (χ0n) is 8.96. The Morgan fingerprint density at radius 1 is 1.06 bits per heavy atom. The molecule has 0 atom stereocenters. The second-order valence-electron chi connectivity index (χ2n) is 3.55. The lowest BCUT2D eigenvalue weighted by Gasteiger charge is -2.06. The van der Waals surface area contributed by atoms with Gasteiger partial charge in [0.25, 0.3) is 0 Å². The number of hydrogen-bond acceptors (Lipinski definition) is 2. The van der Waals surface area contributed by atoms with Crippen molar-refractivity contribution in [1.82, 2.24) is 9.97 Å². The molecule has 0 fully saturated rings. The van der Waals surface area contributed by atoms with Crippen molar-refractivity contribution in [2.45, 2.75) is 13.8 Å². The van der Waals surface area contributed by atoms with Crippen LogP contribution in [0.2, 0.25) is 10.0 Å². The van der Waals surface area contributed by atoms with Crippen LogP contribution >= 0.6 is 23.2 Å². The first-order valence-corrected chi connectivity index (χ1v) is 5.59. The maximum atomic E-state index is 5.97. The van der Waals surface area contributed by atoms with Crippen LogP contribution in [-0.4, -0.2) is 9.97 Å². The van der Waals surface area contributed by atoms with Crippen molar-refractivity contribution < 1.29 is 0 Å². The number of aryl methyl sites for hydroxylation is 2. The molecule has 0 unspecified atom stereocenters. The molecule has 2 aromatic rings. The summed E-state index contributed by atoms with van der Waals surface area (Å²) in [6.07, 6.45) is 1.80. The minimum atomic E-state index is 0.541. The Kier molecular flexibility index (Phi) is 3.13. The first-order valence-electron chi connectivity index (χ1n) is 4.83. The summed E-state index contributed by atoms with van der Waals surface area (Å²) in [7, 11) is 0. The van der Waals surface area contributed by atoms with E-state index >= 15 is 0 Å². The molecule has 4 heteroatoms. The van der Waals surface area contributed by atoms with Gasteiger partial charge in [-0.1, -0.05) is 29.3 Å². The molecule has 1 aromatic carbocycles. The third-order valence-electron chi connectivity index (χ3n) is 2.33. The van der Waals surface area contributed by atoms with Gasteiger partial charge in [0, 0.05) is 17.5 Å². The van der Waals surface area contributed by atoms with Crippen molar-refractivity contribution in [3.05, 3.63) is 46.0 Å². The molecule has 0 aliphatic heterocycles. The quantitative estimate of drug-likeness (QED) is 0.765. The normalized spacial score (nSPS) is 10.5. The molecule has 1 aromatic heterocycles. The first kappa shape index (κ1) is 11.4. The highest BCUT2D eigenvalue weighted by Crippen LogP contribution is 2.29. The zero-order chi connectivity index (χ0) is 11.7. The van der Waals surface area contributed by atoms with Crippen LogP contribution in [0.3, 0.4) is 0 Å². The van der Waals surface area contributed by atoms with Crippen LogP contribution in [0.25, 0.3) is 11.1 Å². The van der Waals surface area contributed by atoms with Crippen molar-refractivity contribution in [2.75, 3.05) is 0 Å². The molecule has 0 amide bonds. The minimum absolute atomic E-state index is 0.541. The Morgan fingerprint density at radius 2 is 1.81 bits per heavy atom. The van der Waals surface area contributed by atoms with Gasteiger partial charge in [-0.3, -0.25) is 0 Å². The van der Waals surface area contributed by atoms with Gasteiger partial charge >= 0.3 is 0 Å². The number of halogens is 2. The Balaban J connectivity index is 2.54. The summed E-state index contributed by atoms with van der Waals surface area (Å²) in [4.78, 5) is 8.50. The molecule has 0 aliphatic rings. The van der Waals surface area contributed by atoms with E-state index < -0.39 is 0 Å². The monoisotopic (exact) mass is 252 g/mol. The van der Waals surface area contributed by atoms with Crippen LogP contribution < -0.4 is 0 Å². The van der Waals surface area contributed by atoms with Gasteiger partial charge in [-0.15, -0.1) is 0 Å². The van der Waals surface area contributed by atoms with Gasteiger partial charge in [0.1, 0.15) is 5.82 Å². The lowest BCUT2D eigenvalue weighted by Crippen LogP contribution is -1.93. The molecular formula is C12H10Cl2N2. The highest BCUT2D eigenvalue weighted by molar-refractivity contribution is 6.42. The predicted molar refractivity (Wildman–Crippen MR) is 67.0 cm³/mol. The third-order valence-corrected chi connectivity index (χ3v) is 3.07. The summed E-state index contributed by atoms with van der Waals surface area (Å²) in [5.74, 6) is 0.765. The molecule has 0 saturated heterocycles. The van der Waals surface area contributed by atoms with Crippen LogP contribution in [0.15, 0.2) is 24.4 Å². The van der Waals surface area contributed by atoms with E-state index in [0.717, 1.165) is 22.6 Å². The molecular weight excluding hydrogens is 243 g/mol. The standard InChI is InChI=1S/C12H10Cl2N2/c1-7-10(6-15-8(2)16-7)9-3-4-11(13)12(14)5-9/h3-6H,1-2H3. The first-order chi connectivity index (χ1) is 7.58. The Morgan fingerprint density at radius 3 is 2.44 bits per heavy atom. The van der Waals surface area contributed by atoms with Crippen LogP contribution in [-0.2, 0) is 0 Å². The number of benzene rings is 1. The molecule has 2 nitrogen and oxygen atoms in total. The summed E-state index contributed by atoms with van der Waals surface area (Å²) >= 11 is 11.8. The largest absolute Gasteiger partial charge is 0.241 e. The highest BCUT2D eigenvalue weighted by atomic mass is 35.5. The fourth-order valence-corrected chi connectivity index (χ4v) is 1.83. The van der Waals surface area contributed by atoms with E-state index in [1.807, 2.05) is 26.0 Å². The molecule has 16 heavy (non-hydrogen) atoms. The lowest BCUT2D eigenvalue weighted by atomic mass is 10.1. The van der Waals surface area contributed by atoms with Crippen LogP contribution in [0, 0.1) is 13.8 Å². The molecule has 0 spiro atoms. The fraction of sp³-hybridized carbons (Fsp3) is 0.167. The van der Waals surface area contributed by atoms with E-state index in [1.54, 1.807) is 12.3 Å². The van der Waals surface area contributed by atoms with E-state index in [2.05, 4.69) is 9.97 Å². The second kappa shape index (κ2) is 4.40. The average Bonchev–Trinajstić information content (AvgIpc) is 2.22. The Labute approximate surface area is 104 Å². The molecule has 0 aliphatic carbocycles. The Hall–Kier alpha value is -1.12. The van der Waals surface area contributed by atoms with Gasteiger partial charge in [-0.25, -0.2) is 9.97 Å². The summed E-state index contributed by atoms with van der Waals surface area (Å²) in [5, 5.41) is 1.09. The SMILES string of the molecule is Cc1ncc(-c2ccc(Cl)c(Cl)c2)c(C)n1. The van der Waals surface area contributed by atoms with Crippen molar-refractivity contribution in [1.29, 1.82) is 0 Å². The van der Waals surface area contributed by atoms with Gasteiger partial charge in [0.15, 0.2) is 0 Å². The van der Waals surface area contributed by atoms with Gasteiger partial charge in [0.05, 0.1) is 10.0 Å². The molecule has 1 heterocycles. The molecule has 0 radical (unpaired) electrons. The van der Waals surface area contributed by atoms with Crippen molar-refractivity contribution in [3.8, 4) is 11.1 Å². The predicted octanol–water partition coefficient (Wildman–Crippen LogP) is 4.07. The van der Waals surface area contributed by atoms with Gasteiger partial charge in [-0.05, 0) is 31.5 Å². The molecule has 0 saturated carbocycles. The summed E-state index contributed by atoms with van der Waals surface area (Å²) in [6, 6.07) is 5.51. The smallest absolute Gasteiger partial charge is 0.125 e. The molecule has 0 bridgehead atoms. The summed E-state index contributed by atoms with van der Waals surface area (Å²) in [5.41, 5.74) is 2.89. The third kappa shape index (κ3) is 2.18. The van der Waals surface area contributed by atoms with Gasteiger partial charge < -0.3 is 0 Å². The van der Waals surface area contributed by atoms with E-state index in [0.29, 0.717) is 10.0 Å². The topological polar surface area (TPSA) is 25.8 Å². The van der Waals surface area contributed by atoms with E-state index in [-0.39, 0.29) is 0 Å². The summed E-state index contributed by atoms with van der Waals surface area (Å²) in [6.45, 7) is 3.82. The number of rotatable bonds is 1. The van der Waals surface area contributed by atoms with Crippen LogP contribution in [0.4, 0.5) is 0 Å². The zero-order valence-corrected chi connectivity index (χ0v) is 10.5. The maximum Gasteiger partial charge on any atom is 0.125 e. The van der Waals surface area contributed by atoms with Crippen molar-refractivity contribution in [3.63, 3.8) is 0 Å². The summed E-state index contributed by atoms with van der Waals surface area (Å²) < 4.78 is 0. The molecule has 2 rings (SSSR count). The van der Waals surface area contributed by atoms with E-state index in [9.17, 15) is 0 Å². The number of aromatic nitrogens is 2. The van der Waals surface area contributed by atoms with Gasteiger partial charge in [0.2, 0.25) is 0 Å². The molecule has 0 N–H and O–H groups in total. The Bertz CT molecular complexity index is 539. The maximum absolute atomic E-state index is 5.97. The van der Waals surface area contributed by atoms with E-state index in [1.165, 1.54) is 0 Å². The number of hydrogen-bond donors (Lipinski definition) is 0. The fourth-order valence-electron chi connectivity index (χ4n) is 1.53. The molecule has 82 valence electrons. The minimum Gasteiger partial charge on any atom is -0.241 e. The lowest BCUT2D eigenvalue weighted by molar-refractivity contribution is 1.01. The van der Waals surface area contributed by atoms with Gasteiger partial charge in [-0.2, -0.15) is 0 Å². The van der Waals surface area contributed by atoms with E-state index in [4.69, 9.17) is 23.2 Å². The van der Waals surface area contributed by atoms with Crippen LogP contribution in [0.1, 0.15) is 11.5 Å². The highest BCUT2D eigenvalue weighted by Gasteiger charge is 2.06. The van der Waals surface area contributed by atoms with Crippen molar-refractivity contribution in [2.24, 2.45) is 0 Å². The van der Waals surface area contributed by atoms with Crippen LogP contribution in [0.5, 0.6) is 0 Å². The van der Waals surface area contributed by atoms with Crippen molar-refractivity contribution >= 4 is 23.2 Å².